The van der Waals surface area contributed by atoms with Crippen LogP contribution in [0.15, 0.2) is 0 Å². The average molecular weight is 1390 g/mol. The van der Waals surface area contributed by atoms with Crippen molar-refractivity contribution < 1.29 is 96.8 Å². The van der Waals surface area contributed by atoms with Gasteiger partial charge in [0.1, 0.15) is 72.5 Å². The lowest BCUT2D eigenvalue weighted by molar-refractivity contribution is -0.146. The molecule has 36 nitrogen and oxygen atoms in total. The summed E-state index contributed by atoms with van der Waals surface area (Å²) in [4.78, 5) is 228. The van der Waals surface area contributed by atoms with E-state index in [0.29, 0.717) is 32.2 Å². The van der Waals surface area contributed by atoms with Gasteiger partial charge in [-0.05, 0) is 128 Å². The summed E-state index contributed by atoms with van der Waals surface area (Å²) in [5.41, 5.74) is 16.2. The van der Waals surface area contributed by atoms with Gasteiger partial charge in [-0.1, -0.05) is 41.5 Å². The molecule has 20 N–H and O–H groups in total. The van der Waals surface area contributed by atoms with Gasteiger partial charge in [0.25, 0.3) is 0 Å². The zero-order valence-electron chi connectivity index (χ0n) is 57.0. The number of nitrogens with two attached hydrogens (primary N) is 3. The molecule has 3 heterocycles. The Labute approximate surface area is 568 Å². The molecule has 0 aromatic rings. The van der Waals surface area contributed by atoms with Crippen LogP contribution in [0.5, 0.6) is 0 Å². The first kappa shape index (κ1) is 83.1. The molecule has 550 valence electrons. The van der Waals surface area contributed by atoms with Crippen molar-refractivity contribution in [2.75, 3.05) is 26.2 Å². The zero-order valence-corrected chi connectivity index (χ0v) is 57.0. The van der Waals surface area contributed by atoms with Crippen molar-refractivity contribution in [3.63, 3.8) is 0 Å². The lowest BCUT2D eigenvalue weighted by Crippen LogP contribution is -2.61. The summed E-state index contributed by atoms with van der Waals surface area (Å²) in [6.07, 6.45) is -1.36. The van der Waals surface area contributed by atoms with E-state index in [1.54, 1.807) is 41.5 Å². The smallest absolute Gasteiger partial charge is 0.326 e. The van der Waals surface area contributed by atoms with Crippen LogP contribution in [0, 0.1) is 17.8 Å². The number of rotatable bonds is 42. The highest BCUT2D eigenvalue weighted by Crippen LogP contribution is 2.24. The van der Waals surface area contributed by atoms with E-state index in [4.69, 9.17) is 17.2 Å². The summed E-state index contributed by atoms with van der Waals surface area (Å²) < 4.78 is 0. The highest BCUT2D eigenvalue weighted by Gasteiger charge is 2.44. The predicted octanol–water partition coefficient (Wildman–Crippen LogP) is -4.95. The molecule has 0 aromatic carbocycles. The van der Waals surface area contributed by atoms with E-state index in [0.717, 1.165) is 6.42 Å². The maximum absolute atomic E-state index is 14.6. The first-order chi connectivity index (χ1) is 46.0. The number of nitrogens with zero attached hydrogens (tertiary/aromatic N) is 2. The number of carbonyl (C=O) groups excluding carboxylic acids is 14. The third-order valence-electron chi connectivity index (χ3n) is 16.8. The van der Waals surface area contributed by atoms with Crippen molar-refractivity contribution >= 4 is 101 Å². The highest BCUT2D eigenvalue weighted by atomic mass is 16.4. The summed E-state index contributed by atoms with van der Waals surface area (Å²) in [6, 6.07) is -17.5. The predicted molar refractivity (Wildman–Crippen MR) is 347 cm³/mol. The van der Waals surface area contributed by atoms with Crippen molar-refractivity contribution in [1.29, 1.82) is 0 Å². The lowest BCUT2D eigenvalue weighted by Gasteiger charge is -2.33. The van der Waals surface area contributed by atoms with Crippen molar-refractivity contribution in [2.45, 2.75) is 243 Å². The topological polar surface area (TPSA) is 568 Å². The summed E-state index contributed by atoms with van der Waals surface area (Å²) in [7, 11) is 0. The molecule has 0 saturated carbocycles. The molecule has 3 rings (SSSR count). The fourth-order valence-corrected chi connectivity index (χ4v) is 11.3. The van der Waals surface area contributed by atoms with Crippen molar-refractivity contribution in [3.05, 3.63) is 0 Å². The van der Waals surface area contributed by atoms with Gasteiger partial charge >= 0.3 is 17.9 Å². The van der Waals surface area contributed by atoms with Crippen molar-refractivity contribution in [3.8, 4) is 0 Å². The van der Waals surface area contributed by atoms with Gasteiger partial charge in [-0.3, -0.25) is 76.7 Å². The first-order valence-corrected chi connectivity index (χ1v) is 33.3. The van der Waals surface area contributed by atoms with E-state index >= 15 is 0 Å². The standard InChI is InChI=1S/C62H102N16O20/c1-30(2)28-40(56(91)75-48(31(3)4)59(94)70-36(14-9-10-24-63)53(88)69-37(18-21-44(64)79)54(89)73-41(29-47(83)84)55(90)72-39(62(97)98)19-22-45(65)80)74-57(92)42-16-13-27-78(42)61(96)49(32(5)6)76-58(93)43-17-12-26-77(43)60(95)38(20-23-46(81)82)71-51(86)34(8)67-50(85)33(7)68-52(87)35-15-11-25-66-35/h30-43,48-49,66H,9-29,63H2,1-8H3,(H2,64,79)(H2,65,80)(H,67,85)(H,68,87)(H,69,88)(H,70,94)(H,71,86)(H,72,90)(H,73,89)(H,74,92)(H,75,91)(H,76,93)(H,81,82)(H,83,84)(H,97,98)/t33-,34-,35-,36-,37-,38-,39-,40-,41-,42-,43-,48-,49-/m0/s1. The van der Waals surface area contributed by atoms with E-state index in [1.807, 2.05) is 5.32 Å². The molecule has 14 amide bonds. The molecule has 98 heavy (non-hydrogen) atoms. The van der Waals surface area contributed by atoms with Crippen LogP contribution in [0.4, 0.5) is 0 Å². The van der Waals surface area contributed by atoms with Crippen molar-refractivity contribution in [2.24, 2.45) is 35.0 Å². The Morgan fingerprint density at radius 3 is 1.42 bits per heavy atom. The second-order valence-corrected chi connectivity index (χ2v) is 26.1. The van der Waals surface area contributed by atoms with E-state index in [2.05, 4.69) is 53.2 Å². The zero-order chi connectivity index (χ0) is 73.8. The molecule has 13 atom stereocenters. The number of carboxylic acids is 3. The Morgan fingerprint density at radius 2 is 0.908 bits per heavy atom. The fourth-order valence-electron chi connectivity index (χ4n) is 11.3. The minimum absolute atomic E-state index is 0.0183. The monoisotopic (exact) mass is 1390 g/mol. The van der Waals surface area contributed by atoms with Gasteiger partial charge in [0.2, 0.25) is 82.7 Å². The lowest BCUT2D eigenvalue weighted by atomic mass is 9.98. The van der Waals surface area contributed by atoms with Crippen LogP contribution in [0.1, 0.15) is 165 Å². The van der Waals surface area contributed by atoms with Gasteiger partial charge in [0, 0.05) is 32.4 Å². The number of carboxylic acid groups (broad SMARTS) is 3. The molecular weight excluding hydrogens is 1290 g/mol. The van der Waals surface area contributed by atoms with Crippen LogP contribution in [-0.2, 0) is 81.5 Å². The van der Waals surface area contributed by atoms with Crippen molar-refractivity contribution in [1.82, 2.24) is 68.3 Å². The molecule has 3 aliphatic rings. The Kier molecular flexibility index (Phi) is 34.4. The third-order valence-corrected chi connectivity index (χ3v) is 16.8. The molecule has 0 aromatic heterocycles. The molecule has 3 fully saturated rings. The van der Waals surface area contributed by atoms with Crippen LogP contribution in [0.2, 0.25) is 0 Å². The third kappa shape index (κ3) is 27.1. The summed E-state index contributed by atoms with van der Waals surface area (Å²) in [5.74, 6) is -18.1. The maximum atomic E-state index is 14.6. The molecule has 0 spiro atoms. The molecule has 0 unspecified atom stereocenters. The number of hydrogen-bond acceptors (Lipinski definition) is 19. The second-order valence-electron chi connectivity index (χ2n) is 26.1. The summed E-state index contributed by atoms with van der Waals surface area (Å²) in [5, 5.41) is 56.8. The average Bonchev–Trinajstić information content (AvgIpc) is 1.58. The molecular formula is C62H102N16O20. The molecule has 0 bridgehead atoms. The van der Waals surface area contributed by atoms with Gasteiger partial charge in [-0.15, -0.1) is 0 Å². The van der Waals surface area contributed by atoms with Crippen LogP contribution in [-0.4, -0.2) is 230 Å². The molecule has 0 radical (unpaired) electrons. The maximum Gasteiger partial charge on any atom is 0.326 e. The number of nitrogens with one attached hydrogen (secondary N) is 11. The minimum atomic E-state index is -1.97. The Morgan fingerprint density at radius 1 is 0.439 bits per heavy atom. The number of unbranched alkanes of at least 4 members (excludes halogenated alkanes) is 1. The van der Waals surface area contributed by atoms with Gasteiger partial charge in [-0.25, -0.2) is 4.79 Å². The van der Waals surface area contributed by atoms with Gasteiger partial charge in [0.15, 0.2) is 0 Å². The van der Waals surface area contributed by atoms with Gasteiger partial charge in [-0.2, -0.15) is 0 Å². The van der Waals surface area contributed by atoms with Crippen LogP contribution in [0.25, 0.3) is 0 Å². The van der Waals surface area contributed by atoms with Crippen LogP contribution < -0.4 is 75.7 Å². The largest absolute Gasteiger partial charge is 0.481 e. The number of amides is 14. The fraction of sp³-hybridized carbons (Fsp3) is 0.726. The Bertz CT molecular complexity index is 2890. The summed E-state index contributed by atoms with van der Waals surface area (Å²) >= 11 is 0. The van der Waals surface area contributed by atoms with E-state index in [9.17, 15) is 96.8 Å². The van der Waals surface area contributed by atoms with Crippen LogP contribution >= 0.6 is 0 Å². The highest BCUT2D eigenvalue weighted by molar-refractivity contribution is 6.00. The van der Waals surface area contributed by atoms with Crippen LogP contribution in [0.3, 0.4) is 0 Å². The van der Waals surface area contributed by atoms with Gasteiger partial charge in [0.05, 0.1) is 12.5 Å². The summed E-state index contributed by atoms with van der Waals surface area (Å²) in [6.45, 7) is 13.6. The molecule has 3 aliphatic heterocycles. The minimum Gasteiger partial charge on any atom is -0.481 e. The SMILES string of the molecule is CC(C)C[C@H](NC(=O)[C@@H]1CCCN1C(=O)[C@@H](NC(=O)[C@@H]1CCCN1C(=O)[C@H](CCC(=O)O)NC(=O)[C@H](C)NC(=O)[C@H](C)NC(=O)[C@@H]1CCCN1)C(C)C)C(=O)N[C@H](C(=O)N[C@@H](CCCCN)C(=O)N[C@@H](CCC(N)=O)C(=O)N[C@@H](CC(=O)O)C(=O)N[C@@H](CCC(N)=O)C(=O)O)C(C)C. The second kappa shape index (κ2) is 40.6. The molecule has 36 heteroatoms. The number of carbonyl (C=O) groups is 17. The Hall–Kier alpha value is -9.09. The molecule has 0 aliphatic carbocycles. The number of hydrogen-bond donors (Lipinski definition) is 17. The number of primary amides is 2. The first-order valence-electron chi connectivity index (χ1n) is 33.3. The Balaban J connectivity index is 1.80. The molecule has 3 saturated heterocycles. The van der Waals surface area contributed by atoms with E-state index in [-0.39, 0.29) is 63.6 Å². The normalized spacial score (nSPS) is 19.0. The number of likely N-dealkylation sites (tertiary alicyclic amines) is 2. The van der Waals surface area contributed by atoms with E-state index < -0.39 is 230 Å². The number of aliphatic carboxylic acids is 3. The van der Waals surface area contributed by atoms with Gasteiger partial charge < -0.3 is 101 Å². The van der Waals surface area contributed by atoms with E-state index in [1.165, 1.54) is 23.6 Å². The quantitative estimate of drug-likeness (QED) is 0.0255.